The van der Waals surface area contributed by atoms with Crippen molar-refractivity contribution >= 4 is 11.8 Å². The fraction of sp³-hybridized carbons (Fsp3) is 0.857. The maximum atomic E-state index is 11.8. The predicted octanol–water partition coefficient (Wildman–Crippen LogP) is 2.38. The molecule has 2 amide bonds. The quantitative estimate of drug-likeness (QED) is 0.622. The minimum atomic E-state index is -0.825. The molecule has 0 aromatic heterocycles. The van der Waals surface area contributed by atoms with E-state index in [1.54, 1.807) is 13.8 Å². The van der Waals surface area contributed by atoms with Gasteiger partial charge in [0.2, 0.25) is 11.8 Å². The summed E-state index contributed by atoms with van der Waals surface area (Å²) in [6, 6.07) is 0. The van der Waals surface area contributed by atoms with Crippen molar-refractivity contribution in [3.63, 3.8) is 0 Å². The molecule has 0 rings (SSSR count). The monoisotopic (exact) mass is 256 g/mol. The van der Waals surface area contributed by atoms with Crippen molar-refractivity contribution < 1.29 is 9.59 Å². The highest BCUT2D eigenvalue weighted by Gasteiger charge is 2.27. The number of carbonyl (C=O) groups excluding carboxylic acids is 2. The van der Waals surface area contributed by atoms with Crippen LogP contribution in [-0.2, 0) is 9.59 Å². The van der Waals surface area contributed by atoms with Gasteiger partial charge in [-0.1, -0.05) is 39.0 Å². The molecule has 0 fully saturated rings. The Hall–Kier alpha value is -1.06. The molecule has 106 valence electrons. The van der Waals surface area contributed by atoms with Crippen LogP contribution in [0.15, 0.2) is 0 Å². The first kappa shape index (κ1) is 16.9. The maximum Gasteiger partial charge on any atom is 0.245 e. The fourth-order valence-electron chi connectivity index (χ4n) is 1.83. The molecule has 18 heavy (non-hydrogen) atoms. The molecule has 0 aliphatic carbocycles. The summed E-state index contributed by atoms with van der Waals surface area (Å²) in [4.78, 5) is 22.8. The van der Waals surface area contributed by atoms with Crippen molar-refractivity contribution in [1.29, 1.82) is 0 Å². The van der Waals surface area contributed by atoms with Crippen molar-refractivity contribution in [1.82, 2.24) is 10.6 Å². The smallest absolute Gasteiger partial charge is 0.245 e. The van der Waals surface area contributed by atoms with E-state index < -0.39 is 5.54 Å². The second-order valence-electron chi connectivity index (χ2n) is 5.33. The van der Waals surface area contributed by atoms with Gasteiger partial charge in [-0.15, -0.1) is 0 Å². The maximum absolute atomic E-state index is 11.8. The molecule has 0 saturated heterocycles. The van der Waals surface area contributed by atoms with E-state index in [9.17, 15) is 9.59 Å². The third-order valence-electron chi connectivity index (χ3n) is 2.87. The van der Waals surface area contributed by atoms with Crippen LogP contribution in [-0.4, -0.2) is 23.9 Å². The minimum Gasteiger partial charge on any atom is -0.354 e. The summed E-state index contributed by atoms with van der Waals surface area (Å²) < 4.78 is 0. The summed E-state index contributed by atoms with van der Waals surface area (Å²) >= 11 is 0. The molecule has 0 unspecified atom stereocenters. The normalized spacial score (nSPS) is 11.1. The molecule has 0 radical (unpaired) electrons. The Bertz CT molecular complexity index is 263. The van der Waals surface area contributed by atoms with Gasteiger partial charge in [0.05, 0.1) is 0 Å². The number of nitrogens with one attached hydrogen (secondary N) is 2. The zero-order chi connectivity index (χ0) is 14.0. The van der Waals surface area contributed by atoms with Crippen LogP contribution in [0.5, 0.6) is 0 Å². The molecule has 2 N–H and O–H groups in total. The summed E-state index contributed by atoms with van der Waals surface area (Å²) in [7, 11) is 0. The highest BCUT2D eigenvalue weighted by molar-refractivity contribution is 5.89. The van der Waals surface area contributed by atoms with Gasteiger partial charge in [-0.3, -0.25) is 9.59 Å². The molecule has 0 aliphatic rings. The van der Waals surface area contributed by atoms with E-state index in [1.807, 2.05) is 0 Å². The lowest BCUT2D eigenvalue weighted by Crippen LogP contribution is -2.54. The second-order valence-corrected chi connectivity index (χ2v) is 5.33. The Labute approximate surface area is 111 Å². The molecule has 0 heterocycles. The van der Waals surface area contributed by atoms with E-state index in [2.05, 4.69) is 17.6 Å². The molecule has 0 aromatic rings. The number of rotatable bonds is 9. The van der Waals surface area contributed by atoms with Gasteiger partial charge in [0, 0.05) is 13.5 Å². The van der Waals surface area contributed by atoms with Crippen LogP contribution in [0.2, 0.25) is 0 Å². The van der Waals surface area contributed by atoms with Crippen LogP contribution in [0.25, 0.3) is 0 Å². The third kappa shape index (κ3) is 8.09. The average molecular weight is 256 g/mol. The Morgan fingerprint density at radius 2 is 1.56 bits per heavy atom. The zero-order valence-electron chi connectivity index (χ0n) is 12.3. The number of carbonyl (C=O) groups is 2. The van der Waals surface area contributed by atoms with Crippen molar-refractivity contribution in [2.75, 3.05) is 6.54 Å². The standard InChI is InChI=1S/C14H28N2O2/c1-5-6-7-8-9-10-11-15-13(18)14(3,4)16-12(2)17/h5-11H2,1-4H3,(H,15,18)(H,16,17). The van der Waals surface area contributed by atoms with Crippen molar-refractivity contribution in [2.45, 2.75) is 71.8 Å². The first-order valence-electron chi connectivity index (χ1n) is 6.97. The highest BCUT2D eigenvalue weighted by Crippen LogP contribution is 2.05. The average Bonchev–Trinajstić information content (AvgIpc) is 2.25. The Morgan fingerprint density at radius 3 is 2.11 bits per heavy atom. The predicted molar refractivity (Wildman–Crippen MR) is 74.3 cm³/mol. The molecular weight excluding hydrogens is 228 g/mol. The summed E-state index contributed by atoms with van der Waals surface area (Å²) in [5, 5.41) is 5.50. The van der Waals surface area contributed by atoms with Crippen molar-refractivity contribution in [2.24, 2.45) is 0 Å². The van der Waals surface area contributed by atoms with Gasteiger partial charge in [-0.25, -0.2) is 0 Å². The molecule has 4 nitrogen and oxygen atoms in total. The molecule has 0 saturated carbocycles. The fourth-order valence-corrected chi connectivity index (χ4v) is 1.83. The summed E-state index contributed by atoms with van der Waals surface area (Å²) in [6.07, 6.45) is 7.22. The van der Waals surface area contributed by atoms with E-state index in [0.29, 0.717) is 6.54 Å². The van der Waals surface area contributed by atoms with Crippen molar-refractivity contribution in [3.8, 4) is 0 Å². The summed E-state index contributed by atoms with van der Waals surface area (Å²) in [5.74, 6) is -0.305. The molecule has 0 aromatic carbocycles. The Balaban J connectivity index is 3.67. The van der Waals surface area contributed by atoms with Gasteiger partial charge in [0.25, 0.3) is 0 Å². The number of unbranched alkanes of at least 4 members (excludes halogenated alkanes) is 5. The van der Waals surface area contributed by atoms with Crippen LogP contribution in [0.1, 0.15) is 66.2 Å². The first-order chi connectivity index (χ1) is 8.40. The Kier molecular flexibility index (Phi) is 8.42. The van der Waals surface area contributed by atoms with Crippen LogP contribution < -0.4 is 10.6 Å². The van der Waals surface area contributed by atoms with Crippen LogP contribution in [0.3, 0.4) is 0 Å². The molecule has 0 bridgehead atoms. The topological polar surface area (TPSA) is 58.2 Å². The second kappa shape index (κ2) is 8.95. The van der Waals surface area contributed by atoms with E-state index in [4.69, 9.17) is 0 Å². The van der Waals surface area contributed by atoms with Gasteiger partial charge in [0.1, 0.15) is 5.54 Å². The van der Waals surface area contributed by atoms with Gasteiger partial charge in [-0.05, 0) is 20.3 Å². The first-order valence-corrected chi connectivity index (χ1v) is 6.97. The Morgan fingerprint density at radius 1 is 1.00 bits per heavy atom. The molecule has 0 atom stereocenters. The van der Waals surface area contributed by atoms with Crippen LogP contribution in [0, 0.1) is 0 Å². The van der Waals surface area contributed by atoms with Gasteiger partial charge < -0.3 is 10.6 Å². The highest BCUT2D eigenvalue weighted by atomic mass is 16.2. The van der Waals surface area contributed by atoms with Gasteiger partial charge >= 0.3 is 0 Å². The van der Waals surface area contributed by atoms with Crippen molar-refractivity contribution in [3.05, 3.63) is 0 Å². The minimum absolute atomic E-state index is 0.119. The summed E-state index contributed by atoms with van der Waals surface area (Å²) in [6.45, 7) is 7.73. The number of hydrogen-bond acceptors (Lipinski definition) is 2. The lowest BCUT2D eigenvalue weighted by atomic mass is 10.0. The summed E-state index contributed by atoms with van der Waals surface area (Å²) in [5.41, 5.74) is -0.825. The van der Waals surface area contributed by atoms with Crippen LogP contribution in [0.4, 0.5) is 0 Å². The van der Waals surface area contributed by atoms with Gasteiger partial charge in [-0.2, -0.15) is 0 Å². The number of hydrogen-bond donors (Lipinski definition) is 2. The van der Waals surface area contributed by atoms with E-state index >= 15 is 0 Å². The molecule has 0 aliphatic heterocycles. The lowest BCUT2D eigenvalue weighted by Gasteiger charge is -2.24. The SMILES string of the molecule is CCCCCCCCNC(=O)C(C)(C)NC(C)=O. The van der Waals surface area contributed by atoms with E-state index in [1.165, 1.54) is 32.6 Å². The molecule has 4 heteroatoms. The largest absolute Gasteiger partial charge is 0.354 e. The zero-order valence-corrected chi connectivity index (χ0v) is 12.3. The van der Waals surface area contributed by atoms with E-state index in [0.717, 1.165) is 12.8 Å². The van der Waals surface area contributed by atoms with Crippen LogP contribution >= 0.6 is 0 Å². The lowest BCUT2D eigenvalue weighted by molar-refractivity contribution is -0.131. The van der Waals surface area contributed by atoms with Gasteiger partial charge in [0.15, 0.2) is 0 Å². The number of amides is 2. The molecule has 0 spiro atoms. The van der Waals surface area contributed by atoms with E-state index in [-0.39, 0.29) is 11.8 Å². The molecular formula is C14H28N2O2. The third-order valence-corrected chi connectivity index (χ3v) is 2.87.